The van der Waals surface area contributed by atoms with Gasteiger partial charge in [0.05, 0.1) is 5.02 Å². The molecular weight excluding hydrogens is 199 g/mol. The number of nitrogens with zero attached hydrogens (tertiary/aromatic N) is 1. The summed E-state index contributed by atoms with van der Waals surface area (Å²) in [5, 5.41) is 0.559. The molecule has 0 saturated carbocycles. The third-order valence-corrected chi connectivity index (χ3v) is 1.86. The highest BCUT2D eigenvalue weighted by Crippen LogP contribution is 2.10. The van der Waals surface area contributed by atoms with E-state index in [0.717, 1.165) is 0 Å². The topological polar surface area (TPSA) is 48.0 Å². The second-order valence-corrected chi connectivity index (χ2v) is 3.14. The van der Waals surface area contributed by atoms with Crippen LogP contribution >= 0.6 is 23.2 Å². The van der Waals surface area contributed by atoms with Gasteiger partial charge in [-0.05, 0) is 6.07 Å². The van der Waals surface area contributed by atoms with Crippen LogP contribution in [-0.2, 0) is 6.54 Å². The summed E-state index contributed by atoms with van der Waals surface area (Å²) >= 11 is 11.3. The van der Waals surface area contributed by atoms with Gasteiger partial charge < -0.3 is 10.3 Å². The second kappa shape index (κ2) is 3.94. The van der Waals surface area contributed by atoms with Gasteiger partial charge in [0, 0.05) is 19.3 Å². The van der Waals surface area contributed by atoms with Crippen LogP contribution in [0.3, 0.4) is 0 Å². The van der Waals surface area contributed by atoms with Crippen LogP contribution in [0.5, 0.6) is 0 Å². The van der Waals surface area contributed by atoms with Crippen molar-refractivity contribution in [3.8, 4) is 0 Å². The van der Waals surface area contributed by atoms with Gasteiger partial charge in [-0.2, -0.15) is 0 Å². The van der Waals surface area contributed by atoms with E-state index in [4.69, 9.17) is 28.9 Å². The molecule has 0 aliphatic heterocycles. The third kappa shape index (κ3) is 2.00. The molecule has 0 aliphatic rings. The average Bonchev–Trinajstić information content (AvgIpc) is 2.00. The molecule has 1 rings (SSSR count). The van der Waals surface area contributed by atoms with E-state index in [1.165, 1.54) is 16.8 Å². The van der Waals surface area contributed by atoms with Gasteiger partial charge in [0.25, 0.3) is 5.56 Å². The Labute approximate surface area is 79.7 Å². The van der Waals surface area contributed by atoms with Crippen molar-refractivity contribution in [3.63, 3.8) is 0 Å². The van der Waals surface area contributed by atoms with Crippen molar-refractivity contribution >= 4 is 23.2 Å². The molecule has 0 saturated heterocycles. The molecule has 0 radical (unpaired) electrons. The predicted octanol–water partition coefficient (Wildman–Crippen LogP) is 1.11. The SMILES string of the molecule is NCCn1cc(Cl)cc(Cl)c1=O. The van der Waals surface area contributed by atoms with Crippen LogP contribution in [0.25, 0.3) is 0 Å². The lowest BCUT2D eigenvalue weighted by atomic mass is 10.4. The van der Waals surface area contributed by atoms with E-state index in [-0.39, 0.29) is 10.6 Å². The van der Waals surface area contributed by atoms with E-state index in [2.05, 4.69) is 0 Å². The van der Waals surface area contributed by atoms with Crippen LogP contribution < -0.4 is 11.3 Å². The monoisotopic (exact) mass is 206 g/mol. The maximum Gasteiger partial charge on any atom is 0.269 e. The largest absolute Gasteiger partial charge is 0.329 e. The summed E-state index contributed by atoms with van der Waals surface area (Å²) < 4.78 is 1.39. The summed E-state index contributed by atoms with van der Waals surface area (Å²) in [6, 6.07) is 1.42. The molecule has 5 heteroatoms. The molecule has 3 nitrogen and oxygen atoms in total. The van der Waals surface area contributed by atoms with E-state index in [0.29, 0.717) is 18.1 Å². The fraction of sp³-hybridized carbons (Fsp3) is 0.286. The normalized spacial score (nSPS) is 10.2. The molecule has 0 aromatic carbocycles. The van der Waals surface area contributed by atoms with Crippen LogP contribution in [-0.4, -0.2) is 11.1 Å². The lowest BCUT2D eigenvalue weighted by Gasteiger charge is -2.03. The Balaban J connectivity index is 3.19. The Hall–Kier alpha value is -0.510. The Morgan fingerprint density at radius 1 is 1.50 bits per heavy atom. The lowest BCUT2D eigenvalue weighted by molar-refractivity contribution is 0.681. The summed E-state index contributed by atoms with van der Waals surface area (Å²) in [7, 11) is 0. The van der Waals surface area contributed by atoms with Gasteiger partial charge in [-0.15, -0.1) is 0 Å². The van der Waals surface area contributed by atoms with E-state index < -0.39 is 0 Å². The van der Waals surface area contributed by atoms with Crippen molar-refractivity contribution < 1.29 is 0 Å². The first-order valence-corrected chi connectivity index (χ1v) is 4.16. The summed E-state index contributed by atoms with van der Waals surface area (Å²) in [6.45, 7) is 0.815. The first-order chi connectivity index (χ1) is 5.65. The number of hydrogen-bond acceptors (Lipinski definition) is 2. The zero-order valence-corrected chi connectivity index (χ0v) is 7.77. The van der Waals surface area contributed by atoms with Gasteiger partial charge in [0.15, 0.2) is 0 Å². The fourth-order valence-corrected chi connectivity index (χ4v) is 1.38. The maximum atomic E-state index is 11.2. The van der Waals surface area contributed by atoms with Crippen LogP contribution in [0.15, 0.2) is 17.1 Å². The van der Waals surface area contributed by atoms with Crippen molar-refractivity contribution in [1.29, 1.82) is 0 Å². The number of pyridine rings is 1. The molecule has 0 aliphatic carbocycles. The Kier molecular flexibility index (Phi) is 3.14. The van der Waals surface area contributed by atoms with Gasteiger partial charge >= 0.3 is 0 Å². The number of rotatable bonds is 2. The molecule has 66 valence electrons. The van der Waals surface area contributed by atoms with Crippen molar-refractivity contribution in [2.75, 3.05) is 6.54 Å². The number of aromatic nitrogens is 1. The minimum atomic E-state index is -0.258. The fourth-order valence-electron chi connectivity index (χ4n) is 0.870. The summed E-state index contributed by atoms with van der Waals surface area (Å²) in [5.74, 6) is 0. The van der Waals surface area contributed by atoms with E-state index >= 15 is 0 Å². The average molecular weight is 207 g/mol. The first-order valence-electron chi connectivity index (χ1n) is 3.40. The molecule has 1 heterocycles. The van der Waals surface area contributed by atoms with Gasteiger partial charge in [0.2, 0.25) is 0 Å². The van der Waals surface area contributed by atoms with Crippen LogP contribution in [0, 0.1) is 0 Å². The van der Waals surface area contributed by atoms with Crippen molar-refractivity contribution in [2.24, 2.45) is 5.73 Å². The number of hydrogen-bond donors (Lipinski definition) is 1. The van der Waals surface area contributed by atoms with Gasteiger partial charge in [-0.25, -0.2) is 0 Å². The summed E-state index contributed by atoms with van der Waals surface area (Å²) in [4.78, 5) is 11.2. The third-order valence-electron chi connectivity index (χ3n) is 1.38. The predicted molar refractivity (Wildman–Crippen MR) is 49.8 cm³/mol. The van der Waals surface area contributed by atoms with Gasteiger partial charge in [-0.1, -0.05) is 23.2 Å². The molecular formula is C7H8Cl2N2O. The number of nitrogens with two attached hydrogens (primary N) is 1. The van der Waals surface area contributed by atoms with Crippen LogP contribution in [0.2, 0.25) is 10.0 Å². The molecule has 0 unspecified atom stereocenters. The van der Waals surface area contributed by atoms with E-state index in [9.17, 15) is 4.79 Å². The standard InChI is InChI=1S/C7H8Cl2N2O/c8-5-3-6(9)7(12)11(4-5)2-1-10/h3-4H,1-2,10H2. The smallest absolute Gasteiger partial charge is 0.269 e. The molecule has 0 spiro atoms. The molecule has 1 aromatic rings. The van der Waals surface area contributed by atoms with Gasteiger partial charge in [0.1, 0.15) is 5.02 Å². The van der Waals surface area contributed by atoms with Gasteiger partial charge in [-0.3, -0.25) is 4.79 Å². The molecule has 2 N–H and O–H groups in total. The molecule has 0 amide bonds. The van der Waals surface area contributed by atoms with Crippen LogP contribution in [0.1, 0.15) is 0 Å². The zero-order valence-electron chi connectivity index (χ0n) is 6.26. The highest BCUT2D eigenvalue weighted by molar-refractivity contribution is 6.34. The molecule has 12 heavy (non-hydrogen) atoms. The minimum absolute atomic E-state index is 0.121. The second-order valence-electron chi connectivity index (χ2n) is 2.29. The Morgan fingerprint density at radius 3 is 2.75 bits per heavy atom. The van der Waals surface area contributed by atoms with Crippen LogP contribution in [0.4, 0.5) is 0 Å². The molecule has 0 fully saturated rings. The summed E-state index contributed by atoms with van der Waals surface area (Å²) in [5.41, 5.74) is 5.03. The maximum absolute atomic E-state index is 11.2. The summed E-state index contributed by atoms with van der Waals surface area (Å²) in [6.07, 6.45) is 1.52. The molecule has 1 aromatic heterocycles. The Morgan fingerprint density at radius 2 is 2.17 bits per heavy atom. The Bertz CT molecular complexity index is 335. The molecule has 0 bridgehead atoms. The van der Waals surface area contributed by atoms with Crippen molar-refractivity contribution in [3.05, 3.63) is 32.7 Å². The van der Waals surface area contributed by atoms with E-state index in [1.54, 1.807) is 0 Å². The lowest BCUT2D eigenvalue weighted by Crippen LogP contribution is -2.23. The minimum Gasteiger partial charge on any atom is -0.329 e. The van der Waals surface area contributed by atoms with E-state index in [1.807, 2.05) is 0 Å². The number of halogens is 2. The first kappa shape index (κ1) is 9.58. The quantitative estimate of drug-likeness (QED) is 0.789. The zero-order chi connectivity index (χ0) is 9.14. The molecule has 0 atom stereocenters. The van der Waals surface area contributed by atoms with Crippen molar-refractivity contribution in [2.45, 2.75) is 6.54 Å². The highest BCUT2D eigenvalue weighted by atomic mass is 35.5. The van der Waals surface area contributed by atoms with Crippen molar-refractivity contribution in [1.82, 2.24) is 4.57 Å². The highest BCUT2D eigenvalue weighted by Gasteiger charge is 2.01.